The Morgan fingerprint density at radius 1 is 1.19 bits per heavy atom. The van der Waals surface area contributed by atoms with Gasteiger partial charge >= 0.3 is 0 Å². The van der Waals surface area contributed by atoms with Gasteiger partial charge in [-0.2, -0.15) is 0 Å². The molecule has 0 atom stereocenters. The van der Waals surface area contributed by atoms with Gasteiger partial charge in [-0.1, -0.05) is 47.5 Å². The van der Waals surface area contributed by atoms with Gasteiger partial charge in [0.2, 0.25) is 0 Å². The van der Waals surface area contributed by atoms with Crippen molar-refractivity contribution < 1.29 is 9.18 Å². The lowest BCUT2D eigenvalue weighted by atomic mass is 10.1. The minimum atomic E-state index is -0.508. The Morgan fingerprint density at radius 3 is 2.52 bits per heavy atom. The third-order valence-electron chi connectivity index (χ3n) is 3.21. The van der Waals surface area contributed by atoms with E-state index in [-0.39, 0.29) is 11.5 Å². The first-order valence-corrected chi connectivity index (χ1v) is 7.74. The van der Waals surface area contributed by atoms with Crippen LogP contribution in [0.2, 0.25) is 0 Å². The molecule has 2 aromatic carbocycles. The maximum atomic E-state index is 14.0. The average molecular weight is 350 g/mol. The number of hydrogen-bond donors (Lipinski definition) is 0. The van der Waals surface area contributed by atoms with Crippen LogP contribution in [0.5, 0.6) is 0 Å². The fraction of sp³-hybridized carbons (Fsp3) is 0.235. The van der Waals surface area contributed by atoms with Crippen molar-refractivity contribution in [3.05, 3.63) is 64.4 Å². The number of nitrogens with zero attached hydrogens (tertiary/aromatic N) is 1. The van der Waals surface area contributed by atoms with Crippen molar-refractivity contribution in [2.45, 2.75) is 19.8 Å². The Labute approximate surface area is 132 Å². The van der Waals surface area contributed by atoms with E-state index >= 15 is 0 Å². The molecule has 0 bridgehead atoms. The van der Waals surface area contributed by atoms with Crippen LogP contribution in [-0.4, -0.2) is 12.5 Å². The second-order valence-corrected chi connectivity index (χ2v) is 5.69. The summed E-state index contributed by atoms with van der Waals surface area (Å²) in [5.41, 5.74) is 0.886. The maximum absolute atomic E-state index is 14.0. The van der Waals surface area contributed by atoms with Crippen LogP contribution in [0, 0.1) is 5.82 Å². The Bertz CT molecular complexity index is 615. The summed E-state index contributed by atoms with van der Waals surface area (Å²) < 4.78 is 14.6. The van der Waals surface area contributed by atoms with Crippen LogP contribution in [0.4, 0.5) is 10.1 Å². The predicted molar refractivity (Wildman–Crippen MR) is 87.1 cm³/mol. The molecule has 2 aromatic rings. The van der Waals surface area contributed by atoms with E-state index in [1.54, 1.807) is 11.0 Å². The van der Waals surface area contributed by atoms with Crippen LogP contribution >= 0.6 is 15.9 Å². The molecule has 0 aliphatic heterocycles. The fourth-order valence-electron chi connectivity index (χ4n) is 2.08. The molecule has 0 unspecified atom stereocenters. The van der Waals surface area contributed by atoms with E-state index < -0.39 is 5.82 Å². The van der Waals surface area contributed by atoms with E-state index in [0.717, 1.165) is 18.5 Å². The molecule has 2 rings (SSSR count). The largest absolute Gasteiger partial charge is 0.308 e. The first-order chi connectivity index (χ1) is 10.1. The van der Waals surface area contributed by atoms with Crippen LogP contribution < -0.4 is 4.90 Å². The minimum Gasteiger partial charge on any atom is -0.308 e. The van der Waals surface area contributed by atoms with E-state index in [2.05, 4.69) is 22.9 Å². The molecule has 0 spiro atoms. The smallest absolute Gasteiger partial charge is 0.261 e. The highest BCUT2D eigenvalue weighted by Crippen LogP contribution is 2.21. The third-order valence-corrected chi connectivity index (χ3v) is 3.70. The molecule has 0 aliphatic carbocycles. The van der Waals surface area contributed by atoms with Gasteiger partial charge in [-0.05, 0) is 36.8 Å². The molecule has 2 nitrogen and oxygen atoms in total. The molecule has 0 fully saturated rings. The standard InChI is InChI=1S/C17H17BrFNO/c1-2-3-11-20(14-7-5-4-6-8-14)17(21)15-10-9-13(18)12-16(15)19/h4-10,12H,2-3,11H2,1H3. The molecule has 0 radical (unpaired) electrons. The van der Waals surface area contributed by atoms with E-state index in [0.29, 0.717) is 11.0 Å². The van der Waals surface area contributed by atoms with E-state index in [9.17, 15) is 9.18 Å². The molecule has 1 amide bonds. The van der Waals surface area contributed by atoms with Gasteiger partial charge in [0.15, 0.2) is 0 Å². The summed E-state index contributed by atoms with van der Waals surface area (Å²) in [7, 11) is 0. The zero-order chi connectivity index (χ0) is 15.2. The summed E-state index contributed by atoms with van der Waals surface area (Å²) >= 11 is 3.20. The molecule has 0 N–H and O–H groups in total. The summed E-state index contributed by atoms with van der Waals surface area (Å²) in [5.74, 6) is -0.813. The van der Waals surface area contributed by atoms with Gasteiger partial charge in [-0.3, -0.25) is 4.79 Å². The predicted octanol–water partition coefficient (Wildman–Crippen LogP) is 5.04. The Morgan fingerprint density at radius 2 is 1.90 bits per heavy atom. The van der Waals surface area contributed by atoms with Crippen molar-refractivity contribution in [1.29, 1.82) is 0 Å². The van der Waals surface area contributed by atoms with Crippen LogP contribution in [0.25, 0.3) is 0 Å². The SMILES string of the molecule is CCCCN(C(=O)c1ccc(Br)cc1F)c1ccccc1. The Hall–Kier alpha value is -1.68. The quantitative estimate of drug-likeness (QED) is 0.740. The van der Waals surface area contributed by atoms with Crippen molar-refractivity contribution in [2.24, 2.45) is 0 Å². The van der Waals surface area contributed by atoms with E-state index in [1.807, 2.05) is 30.3 Å². The Balaban J connectivity index is 2.34. The lowest BCUT2D eigenvalue weighted by Crippen LogP contribution is -2.32. The van der Waals surface area contributed by atoms with Crippen molar-refractivity contribution in [1.82, 2.24) is 0 Å². The normalized spacial score (nSPS) is 10.4. The van der Waals surface area contributed by atoms with Crippen LogP contribution in [-0.2, 0) is 0 Å². The molecule has 0 heterocycles. The summed E-state index contributed by atoms with van der Waals surface area (Å²) in [5, 5.41) is 0. The van der Waals surface area contributed by atoms with Crippen LogP contribution in [0.15, 0.2) is 53.0 Å². The monoisotopic (exact) mass is 349 g/mol. The van der Waals surface area contributed by atoms with Crippen molar-refractivity contribution in [3.8, 4) is 0 Å². The Kier molecular flexibility index (Phi) is 5.51. The molecule has 0 saturated heterocycles. The van der Waals surface area contributed by atoms with E-state index in [1.165, 1.54) is 12.1 Å². The number of carbonyl (C=O) groups is 1. The second-order valence-electron chi connectivity index (χ2n) is 4.77. The number of amides is 1. The summed E-state index contributed by atoms with van der Waals surface area (Å²) in [6.45, 7) is 2.64. The number of anilines is 1. The number of hydrogen-bond acceptors (Lipinski definition) is 1. The number of halogens is 2. The lowest BCUT2D eigenvalue weighted by molar-refractivity contribution is 0.0982. The molecule has 0 saturated carbocycles. The zero-order valence-electron chi connectivity index (χ0n) is 11.9. The number of unbranched alkanes of at least 4 members (excludes halogenated alkanes) is 1. The van der Waals surface area contributed by atoms with Crippen molar-refractivity contribution >= 4 is 27.5 Å². The lowest BCUT2D eigenvalue weighted by Gasteiger charge is -2.23. The highest BCUT2D eigenvalue weighted by molar-refractivity contribution is 9.10. The third kappa shape index (κ3) is 3.91. The van der Waals surface area contributed by atoms with Gasteiger partial charge in [0.1, 0.15) is 5.82 Å². The minimum absolute atomic E-state index is 0.0955. The van der Waals surface area contributed by atoms with Gasteiger partial charge in [0.05, 0.1) is 5.56 Å². The number of para-hydroxylation sites is 1. The van der Waals surface area contributed by atoms with Crippen molar-refractivity contribution in [2.75, 3.05) is 11.4 Å². The van der Waals surface area contributed by atoms with Gasteiger partial charge < -0.3 is 4.90 Å². The molecular formula is C17H17BrFNO. The highest BCUT2D eigenvalue weighted by atomic mass is 79.9. The molecule has 21 heavy (non-hydrogen) atoms. The van der Waals surface area contributed by atoms with Crippen LogP contribution in [0.3, 0.4) is 0 Å². The van der Waals surface area contributed by atoms with Gasteiger partial charge in [-0.15, -0.1) is 0 Å². The zero-order valence-corrected chi connectivity index (χ0v) is 13.4. The first kappa shape index (κ1) is 15.7. The topological polar surface area (TPSA) is 20.3 Å². The molecule has 0 aliphatic rings. The fourth-order valence-corrected chi connectivity index (χ4v) is 2.41. The van der Waals surface area contributed by atoms with Crippen LogP contribution in [0.1, 0.15) is 30.1 Å². The molecule has 4 heteroatoms. The second kappa shape index (κ2) is 7.36. The van der Waals surface area contributed by atoms with Gasteiger partial charge in [-0.25, -0.2) is 4.39 Å². The average Bonchev–Trinajstić information content (AvgIpc) is 2.48. The summed E-state index contributed by atoms with van der Waals surface area (Å²) in [6, 6.07) is 13.9. The number of rotatable bonds is 5. The van der Waals surface area contributed by atoms with Gasteiger partial charge in [0, 0.05) is 16.7 Å². The highest BCUT2D eigenvalue weighted by Gasteiger charge is 2.20. The number of carbonyl (C=O) groups excluding carboxylic acids is 1. The number of benzene rings is 2. The summed E-state index contributed by atoms with van der Waals surface area (Å²) in [6.07, 6.45) is 1.85. The summed E-state index contributed by atoms with van der Waals surface area (Å²) in [4.78, 5) is 14.3. The van der Waals surface area contributed by atoms with Crippen molar-refractivity contribution in [3.63, 3.8) is 0 Å². The first-order valence-electron chi connectivity index (χ1n) is 6.95. The molecule has 110 valence electrons. The molecule has 0 aromatic heterocycles. The maximum Gasteiger partial charge on any atom is 0.261 e. The van der Waals surface area contributed by atoms with Gasteiger partial charge in [0.25, 0.3) is 5.91 Å². The van der Waals surface area contributed by atoms with E-state index in [4.69, 9.17) is 0 Å². The molecular weight excluding hydrogens is 333 g/mol.